The third kappa shape index (κ3) is 12.7. The van der Waals surface area contributed by atoms with Crippen LogP contribution in [0.25, 0.3) is 0 Å². The second-order valence-electron chi connectivity index (χ2n) is 14.7. The van der Waals surface area contributed by atoms with Crippen LogP contribution in [-0.4, -0.2) is 88.1 Å². The summed E-state index contributed by atoms with van der Waals surface area (Å²) in [5.74, 6) is -5.03. The van der Waals surface area contributed by atoms with Gasteiger partial charge in [-0.3, -0.25) is 28.8 Å². The molecule has 2 rings (SSSR count). The van der Waals surface area contributed by atoms with E-state index in [1.165, 1.54) is 4.90 Å². The van der Waals surface area contributed by atoms with Crippen molar-refractivity contribution >= 4 is 47.4 Å². The average molecular weight is 706 g/mol. The lowest BCUT2D eigenvalue weighted by molar-refractivity contribution is -0.193. The van der Waals surface area contributed by atoms with E-state index in [0.29, 0.717) is 5.56 Å². The first-order chi connectivity index (χ1) is 22.7. The highest BCUT2D eigenvalue weighted by Crippen LogP contribution is 2.37. The summed E-state index contributed by atoms with van der Waals surface area (Å²) in [6, 6.07) is 7.31. The smallest absolute Gasteiger partial charge is 0.308 e. The maximum Gasteiger partial charge on any atom is 0.308 e. The van der Waals surface area contributed by atoms with Gasteiger partial charge in [-0.05, 0) is 45.2 Å². The SMILES string of the molecule is CC(C)C[C@H](C(=O)NC(C)(C)C)N(C(=O)CNC(=O)c1ccccc1)[C@@H]1SC[C@@H](OC(=O)C(C)C)[C@H](OC(=O)C(C)C)[C@H]1OC(=O)C(C)C. The zero-order chi connectivity index (χ0) is 37.2. The Kier molecular flexibility index (Phi) is 15.6. The van der Waals surface area contributed by atoms with Crippen molar-refractivity contribution in [3.8, 4) is 0 Å². The summed E-state index contributed by atoms with van der Waals surface area (Å²) in [5.41, 5.74) is -0.311. The number of ether oxygens (including phenoxy) is 3. The van der Waals surface area contributed by atoms with Gasteiger partial charge in [0, 0.05) is 16.9 Å². The molecule has 0 spiro atoms. The van der Waals surface area contributed by atoms with Crippen molar-refractivity contribution < 1.29 is 43.0 Å². The molecule has 0 bridgehead atoms. The fourth-order valence-corrected chi connectivity index (χ4v) is 6.34. The van der Waals surface area contributed by atoms with Crippen molar-refractivity contribution in [3.63, 3.8) is 0 Å². The fourth-order valence-electron chi connectivity index (χ4n) is 4.87. The molecule has 1 saturated heterocycles. The molecule has 0 unspecified atom stereocenters. The van der Waals surface area contributed by atoms with Crippen molar-refractivity contribution in [2.24, 2.45) is 23.7 Å². The van der Waals surface area contributed by atoms with E-state index < -0.39 is 95.2 Å². The quantitative estimate of drug-likeness (QED) is 0.211. The number of benzene rings is 1. The van der Waals surface area contributed by atoms with Crippen LogP contribution < -0.4 is 10.6 Å². The van der Waals surface area contributed by atoms with Gasteiger partial charge in [0.05, 0.1) is 24.3 Å². The van der Waals surface area contributed by atoms with Gasteiger partial charge < -0.3 is 29.7 Å². The Morgan fingerprint density at radius 1 is 0.796 bits per heavy atom. The van der Waals surface area contributed by atoms with Crippen LogP contribution in [-0.2, 0) is 38.2 Å². The minimum Gasteiger partial charge on any atom is -0.457 e. The van der Waals surface area contributed by atoms with Gasteiger partial charge >= 0.3 is 17.9 Å². The standard InChI is InChI=1S/C36H55N3O9S/c1-20(2)17-25(31(42)38-36(9,10)11)39(27(40)18-37-30(41)24-15-13-12-14-16-24)32-29(48-35(45)23(7)8)28(47-34(44)22(5)6)26(19-49-32)46-33(43)21(3)4/h12-16,20-23,25-26,28-29,32H,17-19H2,1-11H3,(H,37,41)(H,38,42)/t25-,26-,28+,29-,32-/m1/s1. The highest BCUT2D eigenvalue weighted by atomic mass is 32.2. The monoisotopic (exact) mass is 705 g/mol. The van der Waals surface area contributed by atoms with Crippen LogP contribution in [0.1, 0.15) is 92.9 Å². The number of carbonyl (C=O) groups is 6. The van der Waals surface area contributed by atoms with Crippen molar-refractivity contribution in [1.82, 2.24) is 15.5 Å². The first kappa shape index (κ1) is 41.6. The molecule has 3 amide bonds. The Morgan fingerprint density at radius 3 is 1.80 bits per heavy atom. The molecule has 1 heterocycles. The topological polar surface area (TPSA) is 157 Å². The summed E-state index contributed by atoms with van der Waals surface area (Å²) in [6.45, 7) is 18.7. The number of nitrogens with one attached hydrogen (secondary N) is 2. The molecule has 49 heavy (non-hydrogen) atoms. The Balaban J connectivity index is 2.75. The molecule has 1 fully saturated rings. The second kappa shape index (κ2) is 18.4. The molecular weight excluding hydrogens is 650 g/mol. The third-order valence-corrected chi connectivity index (χ3v) is 8.78. The number of nitrogens with zero attached hydrogens (tertiary/aromatic N) is 1. The lowest BCUT2D eigenvalue weighted by atomic mass is 9.97. The summed E-state index contributed by atoms with van der Waals surface area (Å²) >= 11 is 1.15. The van der Waals surface area contributed by atoms with Crippen molar-refractivity contribution in [3.05, 3.63) is 35.9 Å². The molecular formula is C36H55N3O9S. The van der Waals surface area contributed by atoms with E-state index in [2.05, 4.69) is 10.6 Å². The van der Waals surface area contributed by atoms with Crippen molar-refractivity contribution in [2.45, 2.75) is 118 Å². The predicted molar refractivity (Wildman–Crippen MR) is 187 cm³/mol. The summed E-state index contributed by atoms with van der Waals surface area (Å²) in [5, 5.41) is 4.57. The fraction of sp³-hybridized carbons (Fsp3) is 0.667. The minimum absolute atomic E-state index is 0.0599. The molecule has 1 aliphatic rings. The van der Waals surface area contributed by atoms with Gasteiger partial charge in [-0.1, -0.05) is 73.6 Å². The maximum atomic E-state index is 14.4. The molecule has 0 aromatic heterocycles. The van der Waals surface area contributed by atoms with E-state index >= 15 is 0 Å². The minimum atomic E-state index is -1.34. The highest BCUT2D eigenvalue weighted by molar-refractivity contribution is 8.00. The van der Waals surface area contributed by atoms with E-state index in [9.17, 15) is 28.8 Å². The molecule has 1 aromatic rings. The molecule has 12 nitrogen and oxygen atoms in total. The summed E-state index contributed by atoms with van der Waals surface area (Å²) < 4.78 is 17.8. The van der Waals surface area contributed by atoms with E-state index in [-0.39, 0.29) is 18.1 Å². The van der Waals surface area contributed by atoms with Gasteiger partial charge in [0.25, 0.3) is 5.91 Å². The largest absolute Gasteiger partial charge is 0.457 e. The highest BCUT2D eigenvalue weighted by Gasteiger charge is 2.52. The van der Waals surface area contributed by atoms with Crippen LogP contribution >= 0.6 is 11.8 Å². The molecule has 1 aliphatic heterocycles. The number of thioether (sulfide) groups is 1. The molecule has 274 valence electrons. The maximum absolute atomic E-state index is 14.4. The van der Waals surface area contributed by atoms with Gasteiger partial charge in [0.2, 0.25) is 11.8 Å². The Labute approximate surface area is 295 Å². The molecule has 13 heteroatoms. The Hall–Kier alpha value is -3.61. The first-order valence-electron chi connectivity index (χ1n) is 16.9. The van der Waals surface area contributed by atoms with Crippen LogP contribution in [0.15, 0.2) is 30.3 Å². The van der Waals surface area contributed by atoms with Crippen LogP contribution in [0.3, 0.4) is 0 Å². The van der Waals surface area contributed by atoms with E-state index in [1.54, 1.807) is 71.9 Å². The Bertz CT molecular complexity index is 1310. The number of hydrogen-bond donors (Lipinski definition) is 2. The van der Waals surface area contributed by atoms with Gasteiger partial charge in [0.15, 0.2) is 18.3 Å². The lowest BCUT2D eigenvalue weighted by Gasteiger charge is -2.47. The molecule has 1 aromatic carbocycles. The third-order valence-electron chi connectivity index (χ3n) is 7.42. The van der Waals surface area contributed by atoms with E-state index in [0.717, 1.165) is 11.8 Å². The van der Waals surface area contributed by atoms with Gasteiger partial charge in [-0.25, -0.2) is 0 Å². The molecule has 2 N–H and O–H groups in total. The average Bonchev–Trinajstić information content (AvgIpc) is 3.00. The number of amides is 3. The zero-order valence-electron chi connectivity index (χ0n) is 30.7. The molecule has 0 radical (unpaired) electrons. The Morgan fingerprint density at radius 2 is 1.31 bits per heavy atom. The van der Waals surface area contributed by atoms with Crippen LogP contribution in [0, 0.1) is 23.7 Å². The van der Waals surface area contributed by atoms with Crippen LogP contribution in [0.2, 0.25) is 0 Å². The van der Waals surface area contributed by atoms with E-state index in [4.69, 9.17) is 14.2 Å². The predicted octanol–water partition coefficient (Wildman–Crippen LogP) is 4.35. The zero-order valence-corrected chi connectivity index (χ0v) is 31.6. The first-order valence-corrected chi connectivity index (χ1v) is 18.0. The molecule has 0 saturated carbocycles. The number of carbonyl (C=O) groups excluding carboxylic acids is 6. The summed E-state index contributed by atoms with van der Waals surface area (Å²) in [4.78, 5) is 82.0. The van der Waals surface area contributed by atoms with Gasteiger partial charge in [-0.15, -0.1) is 11.8 Å². The number of hydrogen-bond acceptors (Lipinski definition) is 10. The molecule has 5 atom stereocenters. The van der Waals surface area contributed by atoms with Gasteiger partial charge in [-0.2, -0.15) is 0 Å². The van der Waals surface area contributed by atoms with Crippen LogP contribution in [0.5, 0.6) is 0 Å². The normalized spacial score (nSPS) is 20.1. The van der Waals surface area contributed by atoms with Crippen molar-refractivity contribution in [1.29, 1.82) is 0 Å². The summed E-state index contributed by atoms with van der Waals surface area (Å²) in [7, 11) is 0. The number of rotatable bonds is 14. The van der Waals surface area contributed by atoms with Gasteiger partial charge in [0.1, 0.15) is 11.4 Å². The molecule has 0 aliphatic carbocycles. The second-order valence-corrected chi connectivity index (χ2v) is 15.9. The van der Waals surface area contributed by atoms with Crippen molar-refractivity contribution in [2.75, 3.05) is 12.3 Å². The summed E-state index contributed by atoms with van der Waals surface area (Å²) in [6.07, 6.45) is -3.44. The number of esters is 3. The van der Waals surface area contributed by atoms with Crippen LogP contribution in [0.4, 0.5) is 0 Å². The lowest BCUT2D eigenvalue weighted by Crippen LogP contribution is -2.65. The van der Waals surface area contributed by atoms with E-state index in [1.807, 2.05) is 34.6 Å².